The van der Waals surface area contributed by atoms with E-state index in [1.807, 2.05) is 24.9 Å². The summed E-state index contributed by atoms with van der Waals surface area (Å²) in [5.74, 6) is 2.05. The van der Waals surface area contributed by atoms with E-state index in [1.54, 1.807) is 0 Å². The smallest absolute Gasteiger partial charge is 0.0958 e. The largest absolute Gasteiger partial charge is 0.305 e. The Hall–Kier alpha value is -0.980. The second-order valence-electron chi connectivity index (χ2n) is 3.30. The molecule has 1 atom stereocenters. The molecule has 3 heteroatoms. The lowest BCUT2D eigenvalue weighted by Crippen LogP contribution is -2.23. The van der Waals surface area contributed by atoms with Crippen LogP contribution in [0, 0.1) is 11.3 Å². The molecule has 0 heterocycles. The van der Waals surface area contributed by atoms with Crippen LogP contribution in [0.1, 0.15) is 12.0 Å². The first kappa shape index (κ1) is 12.1. The molecule has 0 bridgehead atoms. The lowest BCUT2D eigenvalue weighted by Gasteiger charge is -2.06. The Morgan fingerprint density at radius 1 is 1.40 bits per heavy atom. The average Bonchev–Trinajstić information content (AvgIpc) is 2.31. The number of hydrogen-bond acceptors (Lipinski definition) is 3. The van der Waals surface area contributed by atoms with Gasteiger partial charge >= 0.3 is 0 Å². The maximum absolute atomic E-state index is 8.72. The lowest BCUT2D eigenvalue weighted by molar-refractivity contribution is 0.663. The second kappa shape index (κ2) is 7.33. The molecule has 1 rings (SSSR count). The summed E-state index contributed by atoms with van der Waals surface area (Å²) in [5, 5.41) is 11.7. The van der Waals surface area contributed by atoms with E-state index >= 15 is 0 Å². The van der Waals surface area contributed by atoms with Crippen LogP contribution in [0.3, 0.4) is 0 Å². The fourth-order valence-electron chi connectivity index (χ4n) is 1.24. The number of thioether (sulfide) groups is 1. The maximum Gasteiger partial charge on any atom is 0.0958 e. The van der Waals surface area contributed by atoms with Crippen LogP contribution in [0.2, 0.25) is 0 Å². The van der Waals surface area contributed by atoms with Crippen molar-refractivity contribution in [3.63, 3.8) is 0 Å². The molecule has 0 fully saturated rings. The van der Waals surface area contributed by atoms with Gasteiger partial charge in [0.15, 0.2) is 0 Å². The van der Waals surface area contributed by atoms with E-state index in [2.05, 4.69) is 35.7 Å². The highest BCUT2D eigenvalue weighted by Gasteiger charge is 2.02. The number of benzene rings is 1. The van der Waals surface area contributed by atoms with Gasteiger partial charge in [0.2, 0.25) is 0 Å². The molecule has 1 unspecified atom stereocenters. The molecule has 0 aliphatic carbocycles. The minimum atomic E-state index is -0.00623. The highest BCUT2D eigenvalue weighted by atomic mass is 32.2. The fourth-order valence-corrected chi connectivity index (χ4v) is 2.21. The number of nitrogens with one attached hydrogen (secondary N) is 1. The molecule has 80 valence electrons. The van der Waals surface area contributed by atoms with Gasteiger partial charge < -0.3 is 5.32 Å². The van der Waals surface area contributed by atoms with Crippen LogP contribution >= 0.6 is 11.8 Å². The summed E-state index contributed by atoms with van der Waals surface area (Å²) in [6.07, 6.45) is 0.907. The van der Waals surface area contributed by atoms with E-state index in [9.17, 15) is 0 Å². The molecule has 2 nitrogen and oxygen atoms in total. The Morgan fingerprint density at radius 2 is 2.13 bits per heavy atom. The SMILES string of the molecule is CNC(C#N)CCSCc1ccccc1. The summed E-state index contributed by atoms with van der Waals surface area (Å²) in [7, 11) is 1.83. The van der Waals surface area contributed by atoms with Crippen LogP contribution in [-0.4, -0.2) is 18.8 Å². The number of nitriles is 1. The minimum absolute atomic E-state index is 0.00623. The van der Waals surface area contributed by atoms with Crippen molar-refractivity contribution in [3.05, 3.63) is 35.9 Å². The van der Waals surface area contributed by atoms with Gasteiger partial charge in [0.05, 0.1) is 12.1 Å². The van der Waals surface area contributed by atoms with E-state index < -0.39 is 0 Å². The third kappa shape index (κ3) is 4.87. The zero-order valence-electron chi connectivity index (χ0n) is 8.94. The van der Waals surface area contributed by atoms with Crippen LogP contribution in [0.15, 0.2) is 30.3 Å². The highest BCUT2D eigenvalue weighted by molar-refractivity contribution is 7.98. The first-order valence-electron chi connectivity index (χ1n) is 5.05. The van der Waals surface area contributed by atoms with Crippen molar-refractivity contribution >= 4 is 11.8 Å². The van der Waals surface area contributed by atoms with Crippen LogP contribution in [0.4, 0.5) is 0 Å². The van der Waals surface area contributed by atoms with Crippen molar-refractivity contribution in [3.8, 4) is 6.07 Å². The molecule has 0 spiro atoms. The molecular weight excluding hydrogens is 204 g/mol. The summed E-state index contributed by atoms with van der Waals surface area (Å²) >= 11 is 1.87. The zero-order valence-corrected chi connectivity index (χ0v) is 9.76. The average molecular weight is 220 g/mol. The summed E-state index contributed by atoms with van der Waals surface area (Å²) in [6.45, 7) is 0. The van der Waals surface area contributed by atoms with E-state index in [0.717, 1.165) is 17.9 Å². The number of hydrogen-bond donors (Lipinski definition) is 1. The first-order chi connectivity index (χ1) is 7.36. The highest BCUT2D eigenvalue weighted by Crippen LogP contribution is 2.13. The Balaban J connectivity index is 2.15. The van der Waals surface area contributed by atoms with Crippen LogP contribution < -0.4 is 5.32 Å². The quantitative estimate of drug-likeness (QED) is 0.748. The Bertz CT molecular complexity index is 305. The van der Waals surface area contributed by atoms with Gasteiger partial charge in [0.1, 0.15) is 0 Å². The monoisotopic (exact) mass is 220 g/mol. The maximum atomic E-state index is 8.72. The molecule has 0 aliphatic heterocycles. The molecule has 1 N–H and O–H groups in total. The van der Waals surface area contributed by atoms with Crippen molar-refractivity contribution in [2.45, 2.75) is 18.2 Å². The topological polar surface area (TPSA) is 35.8 Å². The van der Waals surface area contributed by atoms with Crippen molar-refractivity contribution in [2.75, 3.05) is 12.8 Å². The third-order valence-corrected chi connectivity index (χ3v) is 3.23. The van der Waals surface area contributed by atoms with Crippen LogP contribution in [-0.2, 0) is 5.75 Å². The van der Waals surface area contributed by atoms with E-state index in [-0.39, 0.29) is 6.04 Å². The van der Waals surface area contributed by atoms with Gasteiger partial charge in [0, 0.05) is 5.75 Å². The van der Waals surface area contributed by atoms with Crippen molar-refractivity contribution in [2.24, 2.45) is 0 Å². The molecule has 1 aromatic rings. The zero-order chi connectivity index (χ0) is 10.9. The molecule has 0 saturated heterocycles. The van der Waals surface area contributed by atoms with Gasteiger partial charge in [-0.1, -0.05) is 30.3 Å². The summed E-state index contributed by atoms with van der Waals surface area (Å²) in [6, 6.07) is 12.6. The summed E-state index contributed by atoms with van der Waals surface area (Å²) < 4.78 is 0. The van der Waals surface area contributed by atoms with Crippen molar-refractivity contribution < 1.29 is 0 Å². The van der Waals surface area contributed by atoms with Crippen molar-refractivity contribution in [1.82, 2.24) is 5.32 Å². The molecule has 15 heavy (non-hydrogen) atoms. The summed E-state index contributed by atoms with van der Waals surface area (Å²) in [5.41, 5.74) is 1.35. The van der Waals surface area contributed by atoms with Gasteiger partial charge in [-0.05, 0) is 24.8 Å². The lowest BCUT2D eigenvalue weighted by atomic mass is 10.2. The predicted molar refractivity (Wildman–Crippen MR) is 65.7 cm³/mol. The molecule has 0 aliphatic rings. The molecule has 0 aromatic heterocycles. The molecular formula is C12H16N2S. The van der Waals surface area contributed by atoms with Gasteiger partial charge in [0.25, 0.3) is 0 Å². The Morgan fingerprint density at radius 3 is 2.73 bits per heavy atom. The van der Waals surface area contributed by atoms with Gasteiger partial charge in [-0.15, -0.1) is 0 Å². The standard InChI is InChI=1S/C12H16N2S/c1-14-12(9-13)7-8-15-10-11-5-3-2-4-6-11/h2-6,12,14H,7-8,10H2,1H3. The summed E-state index contributed by atoms with van der Waals surface area (Å²) in [4.78, 5) is 0. The number of rotatable bonds is 6. The molecule has 0 amide bonds. The predicted octanol–water partition coefficient (Wildman–Crippen LogP) is 2.42. The van der Waals surface area contributed by atoms with E-state index in [4.69, 9.17) is 5.26 Å². The Kier molecular flexibility index (Phi) is 5.91. The van der Waals surface area contributed by atoms with Gasteiger partial charge in [-0.25, -0.2) is 0 Å². The van der Waals surface area contributed by atoms with E-state index in [0.29, 0.717) is 0 Å². The van der Waals surface area contributed by atoms with Gasteiger partial charge in [-0.2, -0.15) is 17.0 Å². The van der Waals surface area contributed by atoms with E-state index in [1.165, 1.54) is 5.56 Å². The second-order valence-corrected chi connectivity index (χ2v) is 4.40. The van der Waals surface area contributed by atoms with Gasteiger partial charge in [-0.3, -0.25) is 0 Å². The Labute approximate surface area is 95.7 Å². The van der Waals surface area contributed by atoms with Crippen LogP contribution in [0.5, 0.6) is 0 Å². The molecule has 0 saturated carbocycles. The fraction of sp³-hybridized carbons (Fsp3) is 0.417. The van der Waals surface area contributed by atoms with Crippen LogP contribution in [0.25, 0.3) is 0 Å². The normalized spacial score (nSPS) is 12.0. The van der Waals surface area contributed by atoms with Crippen molar-refractivity contribution in [1.29, 1.82) is 5.26 Å². The first-order valence-corrected chi connectivity index (χ1v) is 6.21. The minimum Gasteiger partial charge on any atom is -0.305 e. The molecule has 0 radical (unpaired) electrons. The number of nitrogens with zero attached hydrogens (tertiary/aromatic N) is 1. The third-order valence-electron chi connectivity index (χ3n) is 2.17. The molecule has 1 aromatic carbocycles.